The Morgan fingerprint density at radius 2 is 2.11 bits per heavy atom. The van der Waals surface area contributed by atoms with Gasteiger partial charge in [-0.25, -0.2) is 0 Å². The highest BCUT2D eigenvalue weighted by atomic mass is 35.5. The molecular formula is C13H20Cl3N3. The van der Waals surface area contributed by atoms with Crippen molar-refractivity contribution in [3.05, 3.63) is 41.7 Å². The summed E-state index contributed by atoms with van der Waals surface area (Å²) in [5, 5.41) is 4.11. The minimum atomic E-state index is 0. The van der Waals surface area contributed by atoms with Crippen molar-refractivity contribution in [2.45, 2.75) is 12.5 Å². The zero-order valence-electron chi connectivity index (χ0n) is 10.7. The molecule has 1 aromatic rings. The third-order valence-electron chi connectivity index (χ3n) is 3.15. The van der Waals surface area contributed by atoms with Crippen LogP contribution < -0.4 is 5.32 Å². The van der Waals surface area contributed by atoms with Crippen molar-refractivity contribution >= 4 is 36.4 Å². The lowest BCUT2D eigenvalue weighted by Gasteiger charge is -2.35. The van der Waals surface area contributed by atoms with E-state index < -0.39 is 0 Å². The topological polar surface area (TPSA) is 28.2 Å². The van der Waals surface area contributed by atoms with E-state index in [1.54, 1.807) is 12.4 Å². The van der Waals surface area contributed by atoms with E-state index in [9.17, 15) is 0 Å². The lowest BCUT2D eigenvalue weighted by Crippen LogP contribution is -2.45. The van der Waals surface area contributed by atoms with Crippen LogP contribution in [0, 0.1) is 0 Å². The van der Waals surface area contributed by atoms with Gasteiger partial charge in [-0.2, -0.15) is 0 Å². The van der Waals surface area contributed by atoms with Gasteiger partial charge in [0.2, 0.25) is 0 Å². The number of pyridine rings is 1. The number of piperazine rings is 1. The molecule has 19 heavy (non-hydrogen) atoms. The Bertz CT molecular complexity index is 381. The molecule has 1 aromatic heterocycles. The van der Waals surface area contributed by atoms with Gasteiger partial charge in [0.05, 0.1) is 5.02 Å². The molecule has 0 spiro atoms. The second-order valence-electron chi connectivity index (χ2n) is 4.22. The van der Waals surface area contributed by atoms with Crippen LogP contribution in [0.5, 0.6) is 0 Å². The summed E-state index contributed by atoms with van der Waals surface area (Å²) in [6, 6.07) is 2.34. The van der Waals surface area contributed by atoms with Crippen LogP contribution in [-0.4, -0.2) is 36.1 Å². The molecule has 0 unspecified atom stereocenters. The van der Waals surface area contributed by atoms with Crippen LogP contribution in [0.15, 0.2) is 31.1 Å². The highest BCUT2D eigenvalue weighted by Crippen LogP contribution is 2.29. The van der Waals surface area contributed by atoms with E-state index in [4.69, 9.17) is 11.6 Å². The number of hydrogen-bond donors (Lipinski definition) is 1. The lowest BCUT2D eigenvalue weighted by molar-refractivity contribution is 0.174. The SMILES string of the molecule is C=CC[C@H](c1ccncc1Cl)N1CCNCC1.Cl.Cl. The first kappa shape index (κ1) is 18.7. The zero-order valence-corrected chi connectivity index (χ0v) is 13.1. The second kappa shape index (κ2) is 9.56. The minimum absolute atomic E-state index is 0. The van der Waals surface area contributed by atoms with Crippen molar-refractivity contribution in [3.8, 4) is 0 Å². The number of hydrogen-bond acceptors (Lipinski definition) is 3. The first-order valence-corrected chi connectivity index (χ1v) is 6.36. The summed E-state index contributed by atoms with van der Waals surface area (Å²) in [4.78, 5) is 6.50. The number of halogens is 3. The summed E-state index contributed by atoms with van der Waals surface area (Å²) in [6.45, 7) is 8.03. The molecule has 3 nitrogen and oxygen atoms in total. The van der Waals surface area contributed by atoms with E-state index in [2.05, 4.69) is 21.8 Å². The molecule has 1 fully saturated rings. The first-order valence-electron chi connectivity index (χ1n) is 5.98. The molecule has 1 aliphatic rings. The summed E-state index contributed by atoms with van der Waals surface area (Å²) >= 11 is 6.23. The average molecular weight is 325 g/mol. The van der Waals surface area contributed by atoms with Gasteiger partial charge < -0.3 is 5.32 Å². The van der Waals surface area contributed by atoms with Crippen molar-refractivity contribution in [1.82, 2.24) is 15.2 Å². The highest BCUT2D eigenvalue weighted by molar-refractivity contribution is 6.31. The molecule has 0 aromatic carbocycles. The standard InChI is InChI=1S/C13H18ClN3.2ClH/c1-2-3-13(17-8-6-15-7-9-17)11-4-5-16-10-12(11)14;;/h2,4-5,10,13,15H,1,3,6-9H2;2*1H/t13-;;/m1../s1. The maximum absolute atomic E-state index is 6.23. The molecule has 6 heteroatoms. The van der Waals surface area contributed by atoms with Gasteiger partial charge in [0.1, 0.15) is 0 Å². The molecule has 0 amide bonds. The van der Waals surface area contributed by atoms with Gasteiger partial charge in [-0.3, -0.25) is 9.88 Å². The van der Waals surface area contributed by atoms with Gasteiger partial charge >= 0.3 is 0 Å². The van der Waals surface area contributed by atoms with Crippen molar-refractivity contribution < 1.29 is 0 Å². The third kappa shape index (κ3) is 4.93. The normalized spacial score (nSPS) is 16.9. The predicted molar refractivity (Wildman–Crippen MR) is 85.7 cm³/mol. The molecule has 1 N–H and O–H groups in total. The van der Waals surface area contributed by atoms with Gasteiger partial charge in [-0.05, 0) is 18.1 Å². The van der Waals surface area contributed by atoms with E-state index in [-0.39, 0.29) is 24.8 Å². The highest BCUT2D eigenvalue weighted by Gasteiger charge is 2.22. The van der Waals surface area contributed by atoms with Gasteiger partial charge in [0.15, 0.2) is 0 Å². The van der Waals surface area contributed by atoms with Crippen molar-refractivity contribution in [2.24, 2.45) is 0 Å². The summed E-state index contributed by atoms with van der Waals surface area (Å²) in [5.41, 5.74) is 1.16. The van der Waals surface area contributed by atoms with Crippen molar-refractivity contribution in [1.29, 1.82) is 0 Å². The molecule has 2 heterocycles. The number of aromatic nitrogens is 1. The minimum Gasteiger partial charge on any atom is -0.314 e. The predicted octanol–water partition coefficient (Wildman–Crippen LogP) is 3.10. The monoisotopic (exact) mass is 323 g/mol. The maximum Gasteiger partial charge on any atom is 0.0637 e. The molecular weight excluding hydrogens is 305 g/mol. The maximum atomic E-state index is 6.23. The van der Waals surface area contributed by atoms with E-state index >= 15 is 0 Å². The van der Waals surface area contributed by atoms with E-state index in [1.165, 1.54) is 0 Å². The van der Waals surface area contributed by atoms with Crippen LogP contribution >= 0.6 is 36.4 Å². The Morgan fingerprint density at radius 3 is 2.68 bits per heavy atom. The molecule has 1 saturated heterocycles. The molecule has 0 saturated carbocycles. The summed E-state index contributed by atoms with van der Waals surface area (Å²) in [7, 11) is 0. The molecule has 0 aliphatic carbocycles. The Hall–Kier alpha value is -0.320. The average Bonchev–Trinajstić information content (AvgIpc) is 2.38. The molecule has 108 valence electrons. The molecule has 0 bridgehead atoms. The van der Waals surface area contributed by atoms with Crippen molar-refractivity contribution in [3.63, 3.8) is 0 Å². The van der Waals surface area contributed by atoms with Crippen LogP contribution in [0.1, 0.15) is 18.0 Å². The Kier molecular flexibility index (Phi) is 9.40. The zero-order chi connectivity index (χ0) is 12.1. The molecule has 2 rings (SSSR count). The largest absolute Gasteiger partial charge is 0.314 e. The number of nitrogens with one attached hydrogen (secondary N) is 1. The second-order valence-corrected chi connectivity index (χ2v) is 4.63. The summed E-state index contributed by atoms with van der Waals surface area (Å²) < 4.78 is 0. The Morgan fingerprint density at radius 1 is 1.42 bits per heavy atom. The Labute approximate surface area is 132 Å². The van der Waals surface area contributed by atoms with E-state index in [0.29, 0.717) is 6.04 Å². The van der Waals surface area contributed by atoms with Gasteiger partial charge in [0, 0.05) is 44.6 Å². The molecule has 0 radical (unpaired) electrons. The molecule has 1 atom stereocenters. The number of nitrogens with zero attached hydrogens (tertiary/aromatic N) is 2. The van der Waals surface area contributed by atoms with Gasteiger partial charge in [0.25, 0.3) is 0 Å². The van der Waals surface area contributed by atoms with Crippen molar-refractivity contribution in [2.75, 3.05) is 26.2 Å². The van der Waals surface area contributed by atoms with E-state index in [0.717, 1.165) is 43.2 Å². The summed E-state index contributed by atoms with van der Waals surface area (Å²) in [5.74, 6) is 0. The fraction of sp³-hybridized carbons (Fsp3) is 0.462. The Balaban J connectivity index is 0.00000162. The first-order chi connectivity index (χ1) is 8.33. The fourth-order valence-electron chi connectivity index (χ4n) is 2.28. The lowest BCUT2D eigenvalue weighted by atomic mass is 10.0. The van der Waals surface area contributed by atoms with Crippen LogP contribution in [0.2, 0.25) is 5.02 Å². The molecule has 1 aliphatic heterocycles. The third-order valence-corrected chi connectivity index (χ3v) is 3.46. The van der Waals surface area contributed by atoms with Gasteiger partial charge in [-0.1, -0.05) is 17.7 Å². The van der Waals surface area contributed by atoms with E-state index in [1.807, 2.05) is 12.1 Å². The van der Waals surface area contributed by atoms with Crippen LogP contribution in [0.4, 0.5) is 0 Å². The van der Waals surface area contributed by atoms with Crippen LogP contribution in [-0.2, 0) is 0 Å². The van der Waals surface area contributed by atoms with Crippen LogP contribution in [0.25, 0.3) is 0 Å². The fourth-order valence-corrected chi connectivity index (χ4v) is 2.53. The quantitative estimate of drug-likeness (QED) is 0.863. The van der Waals surface area contributed by atoms with Gasteiger partial charge in [-0.15, -0.1) is 31.4 Å². The van der Waals surface area contributed by atoms with Crippen LogP contribution in [0.3, 0.4) is 0 Å². The summed E-state index contributed by atoms with van der Waals surface area (Å²) in [6.07, 6.45) is 6.40. The smallest absolute Gasteiger partial charge is 0.0637 e. The number of rotatable bonds is 4.